The first-order chi connectivity index (χ1) is 18.0. The van der Waals surface area contributed by atoms with Gasteiger partial charge in [-0.25, -0.2) is 9.59 Å². The third kappa shape index (κ3) is 10.2. The fourth-order valence-electron chi connectivity index (χ4n) is 3.46. The van der Waals surface area contributed by atoms with Crippen LogP contribution in [0, 0.1) is 0 Å². The minimum Gasteiger partial charge on any atom is -0.444 e. The van der Waals surface area contributed by atoms with E-state index in [-0.39, 0.29) is 31.1 Å². The number of aliphatic hydroxyl groups excluding tert-OH is 1. The molecule has 0 unspecified atom stereocenters. The summed E-state index contributed by atoms with van der Waals surface area (Å²) in [6.45, 7) is 12.4. The molecule has 4 amide bonds. The minimum absolute atomic E-state index is 0.0543. The first-order valence-corrected chi connectivity index (χ1v) is 13.3. The SMILES string of the molecule is CC(C)N(C[C@@H](O)c1ccc(Cl)c(Cl)c1)C(=O)Nc1ccc(CNC(=O)C(C)(C)NC(=O)OC(C)(C)C)cc1. The molecule has 9 nitrogen and oxygen atoms in total. The van der Waals surface area contributed by atoms with Gasteiger partial charge in [0.1, 0.15) is 11.1 Å². The Hall–Kier alpha value is -3.01. The number of ether oxygens (including phenoxy) is 1. The van der Waals surface area contributed by atoms with Gasteiger partial charge < -0.3 is 30.7 Å². The molecular formula is C28H38Cl2N4O5. The molecule has 39 heavy (non-hydrogen) atoms. The van der Waals surface area contributed by atoms with Gasteiger partial charge in [0, 0.05) is 18.3 Å². The van der Waals surface area contributed by atoms with Gasteiger partial charge in [-0.05, 0) is 83.9 Å². The minimum atomic E-state index is -1.18. The highest BCUT2D eigenvalue weighted by atomic mass is 35.5. The molecule has 1 atom stereocenters. The normalized spacial score (nSPS) is 12.5. The third-order valence-electron chi connectivity index (χ3n) is 5.62. The number of alkyl carbamates (subject to hydrolysis) is 1. The van der Waals surface area contributed by atoms with E-state index in [9.17, 15) is 19.5 Å². The summed E-state index contributed by atoms with van der Waals surface area (Å²) in [6.07, 6.45) is -1.63. The average Bonchev–Trinajstić information content (AvgIpc) is 2.81. The molecule has 4 N–H and O–H groups in total. The van der Waals surface area contributed by atoms with Gasteiger partial charge in [-0.2, -0.15) is 0 Å². The van der Waals surface area contributed by atoms with Gasteiger partial charge >= 0.3 is 12.1 Å². The molecule has 2 aromatic rings. The summed E-state index contributed by atoms with van der Waals surface area (Å²) in [4.78, 5) is 39.2. The molecule has 0 heterocycles. The van der Waals surface area contributed by atoms with Crippen molar-refractivity contribution in [2.75, 3.05) is 11.9 Å². The van der Waals surface area contributed by atoms with Crippen LogP contribution in [-0.4, -0.2) is 51.8 Å². The predicted molar refractivity (Wildman–Crippen MR) is 154 cm³/mol. The molecule has 0 fully saturated rings. The highest BCUT2D eigenvalue weighted by molar-refractivity contribution is 6.42. The van der Waals surface area contributed by atoms with Gasteiger partial charge in [0.2, 0.25) is 5.91 Å². The summed E-state index contributed by atoms with van der Waals surface area (Å²) in [6, 6.07) is 11.3. The highest BCUT2D eigenvalue weighted by Crippen LogP contribution is 2.26. The number of urea groups is 1. The monoisotopic (exact) mass is 580 g/mol. The second kappa shape index (κ2) is 13.4. The Kier molecular flexibility index (Phi) is 11.0. The zero-order valence-corrected chi connectivity index (χ0v) is 24.9. The Labute approximate surface area is 240 Å². The van der Waals surface area contributed by atoms with Crippen LogP contribution in [0.3, 0.4) is 0 Å². The van der Waals surface area contributed by atoms with E-state index in [0.717, 1.165) is 5.56 Å². The van der Waals surface area contributed by atoms with Gasteiger partial charge in [-0.15, -0.1) is 0 Å². The van der Waals surface area contributed by atoms with Gasteiger partial charge in [0.15, 0.2) is 0 Å². The molecule has 0 aliphatic rings. The van der Waals surface area contributed by atoms with Crippen molar-refractivity contribution in [2.45, 2.75) is 78.3 Å². The van der Waals surface area contributed by atoms with Gasteiger partial charge in [-0.1, -0.05) is 41.4 Å². The van der Waals surface area contributed by atoms with E-state index >= 15 is 0 Å². The number of benzene rings is 2. The van der Waals surface area contributed by atoms with E-state index in [4.69, 9.17) is 27.9 Å². The molecule has 2 aromatic carbocycles. The quantitative estimate of drug-likeness (QED) is 0.295. The number of rotatable bonds is 9. The van der Waals surface area contributed by atoms with E-state index in [0.29, 0.717) is 21.3 Å². The van der Waals surface area contributed by atoms with Crippen molar-refractivity contribution in [3.63, 3.8) is 0 Å². The Morgan fingerprint density at radius 1 is 0.974 bits per heavy atom. The van der Waals surface area contributed by atoms with E-state index < -0.39 is 23.3 Å². The maximum atomic E-state index is 13.0. The molecule has 0 saturated carbocycles. The van der Waals surface area contributed by atoms with Crippen LogP contribution in [0.2, 0.25) is 10.0 Å². The van der Waals surface area contributed by atoms with Crippen molar-refractivity contribution in [2.24, 2.45) is 0 Å². The Balaban J connectivity index is 1.95. The van der Waals surface area contributed by atoms with Crippen LogP contribution in [0.1, 0.15) is 65.7 Å². The molecule has 0 aliphatic carbocycles. The lowest BCUT2D eigenvalue weighted by molar-refractivity contribution is -0.126. The standard InChI is InChI=1S/C28H38Cl2N4O5/c1-17(2)34(16-23(35)19-10-13-21(29)22(30)14-19)25(37)32-20-11-8-18(9-12-20)15-31-24(36)28(6,7)33-26(38)39-27(3,4)5/h8-14,17,23,35H,15-16H2,1-7H3,(H,31,36)(H,32,37)(H,33,38)/t23-/m1/s1. The summed E-state index contributed by atoms with van der Waals surface area (Å²) < 4.78 is 5.22. The van der Waals surface area contributed by atoms with Crippen molar-refractivity contribution in [1.29, 1.82) is 0 Å². The van der Waals surface area contributed by atoms with E-state index in [1.807, 2.05) is 13.8 Å². The zero-order chi connectivity index (χ0) is 29.5. The van der Waals surface area contributed by atoms with Crippen molar-refractivity contribution in [3.8, 4) is 0 Å². The molecule has 0 radical (unpaired) electrons. The molecule has 214 valence electrons. The number of carbonyl (C=O) groups is 3. The Morgan fingerprint density at radius 3 is 2.13 bits per heavy atom. The number of carbonyl (C=O) groups excluding carboxylic acids is 3. The van der Waals surface area contributed by atoms with Crippen molar-refractivity contribution in [3.05, 3.63) is 63.6 Å². The molecule has 2 rings (SSSR count). The maximum Gasteiger partial charge on any atom is 0.408 e. The first-order valence-electron chi connectivity index (χ1n) is 12.6. The summed E-state index contributed by atoms with van der Waals surface area (Å²) in [5, 5.41) is 19.6. The van der Waals surface area contributed by atoms with Crippen LogP contribution >= 0.6 is 23.2 Å². The number of hydrogen-bond acceptors (Lipinski definition) is 5. The summed E-state index contributed by atoms with van der Waals surface area (Å²) in [5.41, 5.74) is 0.0454. The molecule has 0 aliphatic heterocycles. The first kappa shape index (κ1) is 32.2. The number of nitrogens with zero attached hydrogens (tertiary/aromatic N) is 1. The van der Waals surface area contributed by atoms with Crippen LogP contribution in [0.25, 0.3) is 0 Å². The maximum absolute atomic E-state index is 13.0. The topological polar surface area (TPSA) is 120 Å². The molecular weight excluding hydrogens is 543 g/mol. The largest absolute Gasteiger partial charge is 0.444 e. The van der Waals surface area contributed by atoms with E-state index in [2.05, 4.69) is 16.0 Å². The fourth-order valence-corrected chi connectivity index (χ4v) is 3.77. The Bertz CT molecular complexity index is 1160. The second-order valence-electron chi connectivity index (χ2n) is 11.0. The van der Waals surface area contributed by atoms with Crippen LogP contribution in [0.5, 0.6) is 0 Å². The lowest BCUT2D eigenvalue weighted by Gasteiger charge is -2.29. The van der Waals surface area contributed by atoms with Crippen LogP contribution in [-0.2, 0) is 16.1 Å². The van der Waals surface area contributed by atoms with Crippen LogP contribution in [0.15, 0.2) is 42.5 Å². The fraction of sp³-hybridized carbons (Fsp3) is 0.464. The molecule has 0 spiro atoms. The van der Waals surface area contributed by atoms with Crippen molar-refractivity contribution in [1.82, 2.24) is 15.5 Å². The number of nitrogens with one attached hydrogen (secondary N) is 3. The molecule has 11 heteroatoms. The van der Waals surface area contributed by atoms with Gasteiger partial charge in [0.25, 0.3) is 0 Å². The number of aliphatic hydroxyl groups is 1. The van der Waals surface area contributed by atoms with E-state index in [1.54, 1.807) is 77.1 Å². The summed E-state index contributed by atoms with van der Waals surface area (Å²) in [7, 11) is 0. The summed E-state index contributed by atoms with van der Waals surface area (Å²) >= 11 is 12.0. The van der Waals surface area contributed by atoms with Gasteiger partial charge in [0.05, 0.1) is 22.7 Å². The predicted octanol–water partition coefficient (Wildman–Crippen LogP) is 5.89. The number of anilines is 1. The van der Waals surface area contributed by atoms with Crippen molar-refractivity contribution < 1.29 is 24.2 Å². The average molecular weight is 582 g/mol. The van der Waals surface area contributed by atoms with E-state index in [1.165, 1.54) is 4.90 Å². The number of halogens is 2. The number of hydrogen-bond donors (Lipinski definition) is 4. The summed E-state index contributed by atoms with van der Waals surface area (Å²) in [5.74, 6) is -0.376. The second-order valence-corrected chi connectivity index (χ2v) is 11.8. The lowest BCUT2D eigenvalue weighted by Crippen LogP contribution is -2.55. The van der Waals surface area contributed by atoms with Crippen molar-refractivity contribution >= 4 is 46.9 Å². The van der Waals surface area contributed by atoms with Crippen LogP contribution in [0.4, 0.5) is 15.3 Å². The Morgan fingerprint density at radius 2 is 1.59 bits per heavy atom. The smallest absolute Gasteiger partial charge is 0.408 e. The zero-order valence-electron chi connectivity index (χ0n) is 23.4. The molecule has 0 aromatic heterocycles. The molecule has 0 saturated heterocycles. The lowest BCUT2D eigenvalue weighted by atomic mass is 10.0. The highest BCUT2D eigenvalue weighted by Gasteiger charge is 2.31. The third-order valence-corrected chi connectivity index (χ3v) is 6.36. The van der Waals surface area contributed by atoms with Gasteiger partial charge in [-0.3, -0.25) is 4.79 Å². The number of amides is 4. The van der Waals surface area contributed by atoms with Crippen LogP contribution < -0.4 is 16.0 Å². The molecule has 0 bridgehead atoms.